The lowest BCUT2D eigenvalue weighted by Gasteiger charge is -1.70. The van der Waals surface area contributed by atoms with Crippen molar-refractivity contribution in [3.8, 4) is 0 Å². The number of rotatable bonds is 2. The van der Waals surface area contributed by atoms with E-state index in [0.29, 0.717) is 0 Å². The van der Waals surface area contributed by atoms with Crippen LogP contribution in [0.4, 0.5) is 0 Å². The predicted molar refractivity (Wildman–Crippen MR) is 32.8 cm³/mol. The Balaban J connectivity index is 3.09. The molecule has 0 saturated carbocycles. The highest BCUT2D eigenvalue weighted by atomic mass is 14.5. The van der Waals surface area contributed by atoms with Crippen molar-refractivity contribution in [1.82, 2.24) is 0 Å². The van der Waals surface area contributed by atoms with Crippen LogP contribution in [0.3, 0.4) is 0 Å². The largest absolute Gasteiger partial charge is 0.405 e. The highest BCUT2D eigenvalue weighted by Crippen LogP contribution is 1.77. The van der Waals surface area contributed by atoms with Crippen molar-refractivity contribution in [1.29, 1.82) is 0 Å². The second-order valence-corrected chi connectivity index (χ2v) is 1.22. The quantitative estimate of drug-likeness (QED) is 0.518. The van der Waals surface area contributed by atoms with Gasteiger partial charge in [0.15, 0.2) is 0 Å². The molecule has 0 saturated heterocycles. The van der Waals surface area contributed by atoms with Crippen molar-refractivity contribution in [2.24, 2.45) is 5.73 Å². The summed E-state index contributed by atoms with van der Waals surface area (Å²) in [6.45, 7) is 2.08. The molecular formula is C6H11N. The van der Waals surface area contributed by atoms with Crippen molar-refractivity contribution in [2.45, 2.75) is 13.3 Å². The maximum atomic E-state index is 5.04. The minimum Gasteiger partial charge on any atom is -0.405 e. The van der Waals surface area contributed by atoms with E-state index in [1.165, 1.54) is 6.20 Å². The number of allylic oxidation sites excluding steroid dienone is 3. The molecule has 0 aromatic rings. The minimum atomic E-state index is 1.07. The third-order valence-corrected chi connectivity index (χ3v) is 0.594. The molecule has 0 fully saturated rings. The Morgan fingerprint density at radius 2 is 2.14 bits per heavy atom. The zero-order chi connectivity index (χ0) is 5.54. The van der Waals surface area contributed by atoms with Crippen LogP contribution in [0, 0.1) is 0 Å². The Bertz CT molecular complexity index is 72.2. The van der Waals surface area contributed by atoms with Gasteiger partial charge in [0.05, 0.1) is 0 Å². The Kier molecular flexibility index (Phi) is 4.74. The smallest absolute Gasteiger partial charge is 0.00625 e. The molecule has 2 N–H and O–H groups in total. The van der Waals surface area contributed by atoms with Crippen molar-refractivity contribution < 1.29 is 0 Å². The Morgan fingerprint density at radius 3 is 2.57 bits per heavy atom. The Labute approximate surface area is 44.5 Å². The molecule has 0 aliphatic carbocycles. The van der Waals surface area contributed by atoms with E-state index in [2.05, 4.69) is 6.92 Å². The number of hydrogen-bond donors (Lipinski definition) is 1. The fraction of sp³-hybridized carbons (Fsp3) is 0.333. The third kappa shape index (κ3) is 5.28. The van der Waals surface area contributed by atoms with E-state index < -0.39 is 0 Å². The lowest BCUT2D eigenvalue weighted by atomic mass is 10.4. The summed E-state index contributed by atoms with van der Waals surface area (Å²) in [6, 6.07) is 0. The lowest BCUT2D eigenvalue weighted by molar-refractivity contribution is 1.22. The summed E-state index contributed by atoms with van der Waals surface area (Å²) in [7, 11) is 0. The van der Waals surface area contributed by atoms with Crippen molar-refractivity contribution >= 4 is 0 Å². The van der Waals surface area contributed by atoms with Gasteiger partial charge in [-0.2, -0.15) is 0 Å². The molecule has 0 bridgehead atoms. The maximum Gasteiger partial charge on any atom is -0.00625 e. The fourth-order valence-corrected chi connectivity index (χ4v) is 0.279. The van der Waals surface area contributed by atoms with E-state index in [4.69, 9.17) is 5.73 Å². The predicted octanol–water partition coefficient (Wildman–Crippen LogP) is 1.43. The van der Waals surface area contributed by atoms with Crippen LogP contribution in [-0.2, 0) is 0 Å². The number of nitrogens with two attached hydrogens (primary N) is 1. The summed E-state index contributed by atoms with van der Waals surface area (Å²) >= 11 is 0. The summed E-state index contributed by atoms with van der Waals surface area (Å²) in [4.78, 5) is 0. The molecule has 0 aliphatic heterocycles. The van der Waals surface area contributed by atoms with Crippen molar-refractivity contribution in [3.05, 3.63) is 24.4 Å². The molecule has 0 amide bonds. The average molecular weight is 97.2 g/mol. The SMILES string of the molecule is CC/C=C\C=C/N. The van der Waals surface area contributed by atoms with Crippen LogP contribution in [0.15, 0.2) is 24.4 Å². The standard InChI is InChI=1S/C6H11N/c1-2-3-4-5-6-7/h3-6H,2,7H2,1H3/b4-3-,6-5-. The molecule has 0 heterocycles. The minimum absolute atomic E-state index is 1.07. The van der Waals surface area contributed by atoms with E-state index in [0.717, 1.165) is 6.42 Å². The molecule has 0 spiro atoms. The topological polar surface area (TPSA) is 26.0 Å². The summed E-state index contributed by atoms with van der Waals surface area (Å²) in [6.07, 6.45) is 8.38. The van der Waals surface area contributed by atoms with E-state index in [1.54, 1.807) is 0 Å². The average Bonchev–Trinajstić information content (AvgIpc) is 1.69. The van der Waals surface area contributed by atoms with Crippen LogP contribution in [-0.4, -0.2) is 0 Å². The molecule has 7 heavy (non-hydrogen) atoms. The molecular weight excluding hydrogens is 86.1 g/mol. The van der Waals surface area contributed by atoms with Gasteiger partial charge in [0.2, 0.25) is 0 Å². The monoisotopic (exact) mass is 97.1 g/mol. The van der Waals surface area contributed by atoms with Gasteiger partial charge in [0, 0.05) is 0 Å². The highest BCUT2D eigenvalue weighted by molar-refractivity contribution is 4.99. The first-order chi connectivity index (χ1) is 3.41. The molecule has 0 rings (SSSR count). The van der Waals surface area contributed by atoms with Crippen molar-refractivity contribution in [2.75, 3.05) is 0 Å². The molecule has 0 atom stereocenters. The Hall–Kier alpha value is -0.720. The van der Waals surface area contributed by atoms with Crippen LogP contribution in [0.1, 0.15) is 13.3 Å². The normalized spacial score (nSPS) is 11.6. The van der Waals surface area contributed by atoms with Crippen LogP contribution in [0.5, 0.6) is 0 Å². The number of hydrogen-bond acceptors (Lipinski definition) is 1. The van der Waals surface area contributed by atoms with Crippen LogP contribution >= 0.6 is 0 Å². The molecule has 0 aromatic heterocycles. The summed E-state index contributed by atoms with van der Waals surface area (Å²) in [5.41, 5.74) is 5.04. The molecule has 0 unspecified atom stereocenters. The molecule has 0 aromatic carbocycles. The zero-order valence-electron chi connectivity index (χ0n) is 4.59. The van der Waals surface area contributed by atoms with E-state index in [-0.39, 0.29) is 0 Å². The molecule has 1 nitrogen and oxygen atoms in total. The highest BCUT2D eigenvalue weighted by Gasteiger charge is 1.57. The fourth-order valence-electron chi connectivity index (χ4n) is 0.279. The van der Waals surface area contributed by atoms with Gasteiger partial charge in [0.1, 0.15) is 0 Å². The second-order valence-electron chi connectivity index (χ2n) is 1.22. The van der Waals surface area contributed by atoms with Crippen molar-refractivity contribution in [3.63, 3.8) is 0 Å². The first-order valence-corrected chi connectivity index (χ1v) is 2.45. The third-order valence-electron chi connectivity index (χ3n) is 0.594. The summed E-state index contributed by atoms with van der Waals surface area (Å²) in [5.74, 6) is 0. The van der Waals surface area contributed by atoms with E-state index in [9.17, 15) is 0 Å². The summed E-state index contributed by atoms with van der Waals surface area (Å²) in [5, 5.41) is 0. The first-order valence-electron chi connectivity index (χ1n) is 2.45. The van der Waals surface area contributed by atoms with E-state index >= 15 is 0 Å². The molecule has 0 radical (unpaired) electrons. The van der Waals surface area contributed by atoms with Gasteiger partial charge in [0.25, 0.3) is 0 Å². The molecule has 1 heteroatoms. The van der Waals surface area contributed by atoms with Gasteiger partial charge < -0.3 is 5.73 Å². The first kappa shape index (κ1) is 6.28. The van der Waals surface area contributed by atoms with Crippen LogP contribution < -0.4 is 5.73 Å². The summed E-state index contributed by atoms with van der Waals surface area (Å²) < 4.78 is 0. The van der Waals surface area contributed by atoms with Gasteiger partial charge in [-0.1, -0.05) is 19.1 Å². The molecule has 40 valence electrons. The Morgan fingerprint density at radius 1 is 1.43 bits per heavy atom. The maximum absolute atomic E-state index is 5.04. The molecule has 0 aliphatic rings. The van der Waals surface area contributed by atoms with Crippen LogP contribution in [0.2, 0.25) is 0 Å². The van der Waals surface area contributed by atoms with Gasteiger partial charge in [-0.25, -0.2) is 0 Å². The van der Waals surface area contributed by atoms with Gasteiger partial charge in [-0.3, -0.25) is 0 Å². The van der Waals surface area contributed by atoms with Gasteiger partial charge in [-0.15, -0.1) is 0 Å². The lowest BCUT2D eigenvalue weighted by Crippen LogP contribution is -1.71. The van der Waals surface area contributed by atoms with Crippen LogP contribution in [0.25, 0.3) is 0 Å². The zero-order valence-corrected chi connectivity index (χ0v) is 4.59. The van der Waals surface area contributed by atoms with Gasteiger partial charge in [-0.05, 0) is 18.7 Å². The van der Waals surface area contributed by atoms with Gasteiger partial charge >= 0.3 is 0 Å². The second kappa shape index (κ2) is 5.28. The van der Waals surface area contributed by atoms with E-state index in [1.807, 2.05) is 18.2 Å².